The van der Waals surface area contributed by atoms with Gasteiger partial charge in [0.2, 0.25) is 0 Å². The van der Waals surface area contributed by atoms with E-state index in [0.717, 1.165) is 27.8 Å². The maximum Gasteiger partial charge on any atom is 0.305 e. The molecule has 2 N–H and O–H groups in total. The minimum atomic E-state index is -0.230. The lowest BCUT2D eigenvalue weighted by Gasteiger charge is -2.18. The molecule has 0 heterocycles. The maximum absolute atomic E-state index is 11.6. The van der Waals surface area contributed by atoms with Crippen molar-refractivity contribution in [2.75, 3.05) is 5.73 Å². The average Bonchev–Trinajstić information content (AvgIpc) is 2.91. The summed E-state index contributed by atoms with van der Waals surface area (Å²) in [6.07, 6.45) is 0.346. The van der Waals surface area contributed by atoms with Gasteiger partial charge >= 0.3 is 5.97 Å². The summed E-state index contributed by atoms with van der Waals surface area (Å²) in [4.78, 5) is 11.6. The van der Waals surface area contributed by atoms with Crippen LogP contribution in [0.2, 0.25) is 0 Å². The molecule has 0 bridgehead atoms. The number of nitrogen functional groups attached to an aromatic ring is 1. The van der Waals surface area contributed by atoms with Crippen LogP contribution in [0.4, 0.5) is 5.69 Å². The zero-order chi connectivity index (χ0) is 24.5. The van der Waals surface area contributed by atoms with Crippen LogP contribution < -0.4 is 15.2 Å². The quantitative estimate of drug-likeness (QED) is 0.212. The molecule has 0 atom stereocenters. The normalized spacial score (nSPS) is 10.5. The van der Waals surface area contributed by atoms with Crippen LogP contribution in [0.3, 0.4) is 0 Å². The molecule has 0 saturated carbocycles. The van der Waals surface area contributed by atoms with Gasteiger partial charge in [-0.05, 0) is 40.5 Å². The molecule has 178 valence electrons. The van der Waals surface area contributed by atoms with Gasteiger partial charge in [-0.15, -0.1) is 0 Å². The van der Waals surface area contributed by atoms with E-state index in [9.17, 15) is 4.79 Å². The molecule has 0 aliphatic heterocycles. The first-order valence-electron chi connectivity index (χ1n) is 11.6. The Morgan fingerprint density at radius 2 is 1.34 bits per heavy atom. The highest BCUT2D eigenvalue weighted by Gasteiger charge is 2.16. The molecule has 4 rings (SSSR count). The van der Waals surface area contributed by atoms with Gasteiger partial charge in [-0.2, -0.15) is 0 Å². The van der Waals surface area contributed by atoms with Gasteiger partial charge in [0.1, 0.15) is 19.8 Å². The molecular weight excluding hydrogens is 438 g/mol. The number of carbonyl (C=O) groups excluding carboxylic acids is 1. The van der Waals surface area contributed by atoms with Gasteiger partial charge in [-0.1, -0.05) is 85.8 Å². The lowest BCUT2D eigenvalue weighted by atomic mass is 10.0. The predicted octanol–water partition coefficient (Wildman–Crippen LogP) is 6.55. The first kappa shape index (κ1) is 23.9. The van der Waals surface area contributed by atoms with Gasteiger partial charge in [0.25, 0.3) is 0 Å². The Balaban J connectivity index is 1.62. The second kappa shape index (κ2) is 11.7. The highest BCUT2D eigenvalue weighted by molar-refractivity contribution is 5.83. The molecule has 4 aromatic carbocycles. The number of hydrogen-bond donors (Lipinski definition) is 1. The second-order valence-corrected chi connectivity index (χ2v) is 8.12. The molecule has 0 saturated heterocycles. The fourth-order valence-corrected chi connectivity index (χ4v) is 3.65. The van der Waals surface area contributed by atoms with E-state index in [1.165, 1.54) is 0 Å². The largest absolute Gasteiger partial charge is 0.485 e. The summed E-state index contributed by atoms with van der Waals surface area (Å²) in [6, 6.07) is 31.5. The van der Waals surface area contributed by atoms with Crippen molar-refractivity contribution in [3.63, 3.8) is 0 Å². The van der Waals surface area contributed by atoms with E-state index in [1.807, 2.05) is 97.1 Å². The Hall–Kier alpha value is -4.25. The molecule has 35 heavy (non-hydrogen) atoms. The summed E-state index contributed by atoms with van der Waals surface area (Å²) >= 11 is 0. The molecular formula is C30H29NO4. The highest BCUT2D eigenvalue weighted by Crippen LogP contribution is 2.41. The van der Waals surface area contributed by atoms with E-state index >= 15 is 0 Å². The zero-order valence-electron chi connectivity index (χ0n) is 19.8. The number of rotatable bonds is 10. The van der Waals surface area contributed by atoms with Crippen LogP contribution in [-0.4, -0.2) is 5.97 Å². The minimum absolute atomic E-state index is 0.218. The van der Waals surface area contributed by atoms with Gasteiger partial charge in [0.05, 0.1) is 5.69 Å². The van der Waals surface area contributed by atoms with E-state index in [-0.39, 0.29) is 12.6 Å². The molecule has 0 unspecified atom stereocenters. The summed E-state index contributed by atoms with van der Waals surface area (Å²) in [6.45, 7) is 2.76. The molecule has 0 amide bonds. The van der Waals surface area contributed by atoms with Crippen LogP contribution in [0.15, 0.2) is 97.1 Å². The molecule has 0 radical (unpaired) electrons. The standard InChI is InChI=1S/C30H29NO4/c1-2-28(32)34-21-24-14-9-15-25(18-24)26-16-17-27(33-19-22-10-5-3-6-11-22)30(29(26)31)35-20-23-12-7-4-8-13-23/h3-18H,2,19-21,31H2,1H3. The molecule has 4 aromatic rings. The third kappa shape index (κ3) is 6.42. The number of esters is 1. The summed E-state index contributed by atoms with van der Waals surface area (Å²) in [5.41, 5.74) is 11.9. The average molecular weight is 468 g/mol. The van der Waals surface area contributed by atoms with Crippen molar-refractivity contribution in [2.24, 2.45) is 0 Å². The summed E-state index contributed by atoms with van der Waals surface area (Å²) < 4.78 is 17.6. The molecule has 5 heteroatoms. The smallest absolute Gasteiger partial charge is 0.305 e. The summed E-state index contributed by atoms with van der Waals surface area (Å²) in [5, 5.41) is 0. The summed E-state index contributed by atoms with van der Waals surface area (Å²) in [7, 11) is 0. The molecule has 5 nitrogen and oxygen atoms in total. The Morgan fingerprint density at radius 3 is 2.00 bits per heavy atom. The monoisotopic (exact) mass is 467 g/mol. The van der Waals surface area contributed by atoms with Gasteiger partial charge in [-0.25, -0.2) is 0 Å². The van der Waals surface area contributed by atoms with Crippen LogP contribution in [0, 0.1) is 0 Å². The van der Waals surface area contributed by atoms with Crippen LogP contribution in [0.1, 0.15) is 30.0 Å². The third-order valence-corrected chi connectivity index (χ3v) is 5.55. The van der Waals surface area contributed by atoms with Crippen molar-refractivity contribution in [3.8, 4) is 22.6 Å². The maximum atomic E-state index is 11.6. The van der Waals surface area contributed by atoms with Crippen molar-refractivity contribution in [1.82, 2.24) is 0 Å². The number of nitrogens with two attached hydrogens (primary N) is 1. The van der Waals surface area contributed by atoms with Crippen LogP contribution in [0.5, 0.6) is 11.5 Å². The van der Waals surface area contributed by atoms with Crippen molar-refractivity contribution in [2.45, 2.75) is 33.2 Å². The molecule has 0 fully saturated rings. The molecule has 0 aliphatic rings. The zero-order valence-corrected chi connectivity index (χ0v) is 19.8. The molecule has 0 aliphatic carbocycles. The van der Waals surface area contributed by atoms with Crippen molar-refractivity contribution >= 4 is 11.7 Å². The van der Waals surface area contributed by atoms with Crippen molar-refractivity contribution in [1.29, 1.82) is 0 Å². The topological polar surface area (TPSA) is 70.8 Å². The van der Waals surface area contributed by atoms with Crippen LogP contribution in [0.25, 0.3) is 11.1 Å². The first-order chi connectivity index (χ1) is 17.1. The number of hydrogen-bond acceptors (Lipinski definition) is 5. The Bertz CT molecular complexity index is 1260. The minimum Gasteiger partial charge on any atom is -0.485 e. The fourth-order valence-electron chi connectivity index (χ4n) is 3.65. The second-order valence-electron chi connectivity index (χ2n) is 8.12. The fraction of sp³-hybridized carbons (Fsp3) is 0.167. The SMILES string of the molecule is CCC(=O)OCc1cccc(-c2ccc(OCc3ccccc3)c(OCc3ccccc3)c2N)c1. The Kier molecular flexibility index (Phi) is 8.02. The lowest BCUT2D eigenvalue weighted by molar-refractivity contribution is -0.144. The van der Waals surface area contributed by atoms with Gasteiger partial charge in [0.15, 0.2) is 11.5 Å². The highest BCUT2D eigenvalue weighted by atomic mass is 16.5. The third-order valence-electron chi connectivity index (χ3n) is 5.55. The number of carbonyl (C=O) groups is 1. The summed E-state index contributed by atoms with van der Waals surface area (Å²) in [5.74, 6) is 0.857. The number of ether oxygens (including phenoxy) is 3. The molecule has 0 aromatic heterocycles. The number of benzene rings is 4. The van der Waals surface area contributed by atoms with E-state index in [4.69, 9.17) is 19.9 Å². The van der Waals surface area contributed by atoms with Gasteiger partial charge in [0, 0.05) is 12.0 Å². The molecule has 0 spiro atoms. The van der Waals surface area contributed by atoms with E-state index in [1.54, 1.807) is 6.92 Å². The van der Waals surface area contributed by atoms with Crippen molar-refractivity contribution in [3.05, 3.63) is 114 Å². The van der Waals surface area contributed by atoms with Crippen LogP contribution >= 0.6 is 0 Å². The van der Waals surface area contributed by atoms with Crippen LogP contribution in [-0.2, 0) is 29.4 Å². The van der Waals surface area contributed by atoms with Gasteiger partial charge in [-0.3, -0.25) is 4.79 Å². The Morgan fingerprint density at radius 1 is 0.714 bits per heavy atom. The van der Waals surface area contributed by atoms with Crippen molar-refractivity contribution < 1.29 is 19.0 Å². The van der Waals surface area contributed by atoms with E-state index in [2.05, 4.69) is 0 Å². The van der Waals surface area contributed by atoms with E-state index in [0.29, 0.717) is 36.8 Å². The Labute approximate surface area is 206 Å². The first-order valence-corrected chi connectivity index (χ1v) is 11.6. The van der Waals surface area contributed by atoms with Gasteiger partial charge < -0.3 is 19.9 Å². The van der Waals surface area contributed by atoms with E-state index < -0.39 is 0 Å². The lowest BCUT2D eigenvalue weighted by Crippen LogP contribution is -2.05. The predicted molar refractivity (Wildman–Crippen MR) is 138 cm³/mol. The number of anilines is 1.